The van der Waals surface area contributed by atoms with Crippen molar-refractivity contribution in [3.63, 3.8) is 0 Å². The third-order valence-electron chi connectivity index (χ3n) is 3.73. The number of allylic oxidation sites excluding steroid dienone is 1. The lowest BCUT2D eigenvalue weighted by Gasteiger charge is -2.37. The third kappa shape index (κ3) is 1.49. The number of esters is 1. The Kier molecular flexibility index (Phi) is 2.59. The average molecular weight is 210 g/mol. The number of carbonyl (C=O) groups is 1. The summed E-state index contributed by atoms with van der Waals surface area (Å²) in [4.78, 5) is 11.2. The highest BCUT2D eigenvalue weighted by molar-refractivity contribution is 5.66. The quantitative estimate of drug-likeness (QED) is 0.530. The molecule has 2 rings (SSSR count). The molecular weight excluding hydrogens is 192 g/mol. The maximum atomic E-state index is 11.2. The molecule has 0 bridgehead atoms. The van der Waals surface area contributed by atoms with Crippen LogP contribution in [0.25, 0.3) is 0 Å². The summed E-state index contributed by atoms with van der Waals surface area (Å²) >= 11 is 0. The van der Waals surface area contributed by atoms with Gasteiger partial charge in [-0.1, -0.05) is 6.08 Å². The number of hydrogen-bond donors (Lipinski definition) is 0. The highest BCUT2D eigenvalue weighted by atomic mass is 16.7. The molecule has 2 atom stereocenters. The van der Waals surface area contributed by atoms with Crippen LogP contribution in [-0.2, 0) is 14.3 Å². The van der Waals surface area contributed by atoms with Crippen molar-refractivity contribution in [2.75, 3.05) is 6.61 Å². The van der Waals surface area contributed by atoms with E-state index in [9.17, 15) is 4.79 Å². The Hall–Kier alpha value is -0.830. The van der Waals surface area contributed by atoms with Crippen molar-refractivity contribution in [3.05, 3.63) is 12.7 Å². The van der Waals surface area contributed by atoms with Gasteiger partial charge in [-0.2, -0.15) is 0 Å². The molecule has 1 saturated carbocycles. The van der Waals surface area contributed by atoms with Gasteiger partial charge in [-0.15, -0.1) is 6.58 Å². The molecule has 0 aromatic rings. The molecule has 0 radical (unpaired) electrons. The van der Waals surface area contributed by atoms with E-state index >= 15 is 0 Å². The maximum absolute atomic E-state index is 11.2. The molecule has 15 heavy (non-hydrogen) atoms. The van der Waals surface area contributed by atoms with Crippen molar-refractivity contribution in [1.82, 2.24) is 0 Å². The lowest BCUT2D eigenvalue weighted by molar-refractivity contribution is -0.237. The molecule has 0 aromatic carbocycles. The normalized spacial score (nSPS) is 38.7. The Morgan fingerprint density at radius 2 is 2.33 bits per heavy atom. The van der Waals surface area contributed by atoms with Gasteiger partial charge >= 0.3 is 5.97 Å². The van der Waals surface area contributed by atoms with Crippen LogP contribution in [-0.4, -0.2) is 18.4 Å². The van der Waals surface area contributed by atoms with Gasteiger partial charge in [0.15, 0.2) is 0 Å². The summed E-state index contributed by atoms with van der Waals surface area (Å²) < 4.78 is 11.2. The van der Waals surface area contributed by atoms with E-state index in [1.54, 1.807) is 0 Å². The summed E-state index contributed by atoms with van der Waals surface area (Å²) in [6.07, 6.45) is 6.75. The second-order valence-electron chi connectivity index (χ2n) is 4.57. The molecule has 0 N–H and O–H groups in total. The van der Waals surface area contributed by atoms with Crippen LogP contribution in [0.4, 0.5) is 0 Å². The highest BCUT2D eigenvalue weighted by Gasteiger charge is 2.61. The molecule has 2 aliphatic rings. The highest BCUT2D eigenvalue weighted by Crippen LogP contribution is 2.58. The van der Waals surface area contributed by atoms with Crippen LogP contribution >= 0.6 is 0 Å². The Bertz CT molecular complexity index is 273. The largest absolute Gasteiger partial charge is 0.433 e. The number of fused-ring (bicyclic) bond motifs is 1. The zero-order valence-electron chi connectivity index (χ0n) is 9.25. The molecule has 0 amide bonds. The fourth-order valence-corrected chi connectivity index (χ4v) is 3.12. The lowest BCUT2D eigenvalue weighted by atomic mass is 9.77. The fourth-order valence-electron chi connectivity index (χ4n) is 3.12. The Morgan fingerprint density at radius 3 is 3.00 bits per heavy atom. The summed E-state index contributed by atoms with van der Waals surface area (Å²) in [6, 6.07) is 0. The first-order valence-corrected chi connectivity index (χ1v) is 5.59. The van der Waals surface area contributed by atoms with Gasteiger partial charge in [0, 0.05) is 18.8 Å². The van der Waals surface area contributed by atoms with Crippen LogP contribution in [0.3, 0.4) is 0 Å². The predicted molar refractivity (Wildman–Crippen MR) is 56.2 cm³/mol. The number of ether oxygens (including phenoxy) is 2. The Morgan fingerprint density at radius 1 is 1.53 bits per heavy atom. The molecule has 3 nitrogen and oxygen atoms in total. The zero-order valence-corrected chi connectivity index (χ0v) is 9.25. The number of rotatable bonds is 3. The van der Waals surface area contributed by atoms with E-state index < -0.39 is 5.79 Å². The summed E-state index contributed by atoms with van der Waals surface area (Å²) in [5.74, 6) is -0.889. The molecule has 3 heteroatoms. The van der Waals surface area contributed by atoms with Gasteiger partial charge in [0.05, 0.1) is 6.61 Å². The SMILES string of the molecule is C=CCC12CCCC1(OC(C)=O)OCC2. The first-order chi connectivity index (χ1) is 7.14. The smallest absolute Gasteiger partial charge is 0.305 e. The van der Waals surface area contributed by atoms with Gasteiger partial charge in [-0.25, -0.2) is 0 Å². The molecule has 84 valence electrons. The van der Waals surface area contributed by atoms with Crippen molar-refractivity contribution in [2.45, 2.75) is 44.8 Å². The molecule has 2 unspecified atom stereocenters. The van der Waals surface area contributed by atoms with Crippen molar-refractivity contribution >= 4 is 5.97 Å². The van der Waals surface area contributed by atoms with E-state index in [1.165, 1.54) is 6.92 Å². The van der Waals surface area contributed by atoms with Crippen LogP contribution in [0, 0.1) is 5.41 Å². The lowest BCUT2D eigenvalue weighted by Crippen LogP contribution is -2.44. The molecular formula is C12H18O3. The summed E-state index contributed by atoms with van der Waals surface area (Å²) in [6.45, 7) is 5.94. The second-order valence-corrected chi connectivity index (χ2v) is 4.57. The van der Waals surface area contributed by atoms with Gasteiger partial charge in [-0.3, -0.25) is 4.79 Å². The standard InChI is InChI=1S/C12H18O3/c1-3-5-11-6-4-7-12(11,14-9-8-11)15-10(2)13/h3H,1,4-9H2,2H3. The van der Waals surface area contributed by atoms with Crippen molar-refractivity contribution in [1.29, 1.82) is 0 Å². The summed E-state index contributed by atoms with van der Waals surface area (Å²) in [7, 11) is 0. The zero-order chi connectivity index (χ0) is 10.9. The van der Waals surface area contributed by atoms with E-state index in [2.05, 4.69) is 6.58 Å². The van der Waals surface area contributed by atoms with Crippen molar-refractivity contribution in [2.24, 2.45) is 5.41 Å². The average Bonchev–Trinajstić information content (AvgIpc) is 2.58. The van der Waals surface area contributed by atoms with Crippen LogP contribution in [0.15, 0.2) is 12.7 Å². The molecule has 2 fully saturated rings. The second kappa shape index (κ2) is 3.63. The molecule has 0 aromatic heterocycles. The molecule has 0 spiro atoms. The monoisotopic (exact) mass is 210 g/mol. The molecule has 1 aliphatic carbocycles. The summed E-state index contributed by atoms with van der Waals surface area (Å²) in [5.41, 5.74) is 0.000417. The van der Waals surface area contributed by atoms with Crippen LogP contribution in [0.2, 0.25) is 0 Å². The summed E-state index contributed by atoms with van der Waals surface area (Å²) in [5, 5.41) is 0. The number of hydrogen-bond acceptors (Lipinski definition) is 3. The molecule has 1 aliphatic heterocycles. The minimum absolute atomic E-state index is 0.000417. The van der Waals surface area contributed by atoms with E-state index in [1.807, 2.05) is 6.08 Å². The molecule has 1 heterocycles. The van der Waals surface area contributed by atoms with Gasteiger partial charge < -0.3 is 9.47 Å². The Labute approximate surface area is 90.4 Å². The van der Waals surface area contributed by atoms with E-state index in [0.717, 1.165) is 32.1 Å². The minimum Gasteiger partial charge on any atom is -0.433 e. The third-order valence-corrected chi connectivity index (χ3v) is 3.73. The topological polar surface area (TPSA) is 35.5 Å². The van der Waals surface area contributed by atoms with Crippen LogP contribution in [0.5, 0.6) is 0 Å². The number of carbonyl (C=O) groups excluding carboxylic acids is 1. The minimum atomic E-state index is -0.646. The fraction of sp³-hybridized carbons (Fsp3) is 0.750. The van der Waals surface area contributed by atoms with Gasteiger partial charge in [0.2, 0.25) is 5.79 Å². The van der Waals surface area contributed by atoms with E-state index in [-0.39, 0.29) is 11.4 Å². The van der Waals surface area contributed by atoms with Crippen molar-refractivity contribution in [3.8, 4) is 0 Å². The first kappa shape index (κ1) is 10.7. The van der Waals surface area contributed by atoms with E-state index in [0.29, 0.717) is 6.61 Å². The van der Waals surface area contributed by atoms with Crippen LogP contribution in [0.1, 0.15) is 39.0 Å². The maximum Gasteiger partial charge on any atom is 0.305 e. The molecule has 1 saturated heterocycles. The van der Waals surface area contributed by atoms with Crippen molar-refractivity contribution < 1.29 is 14.3 Å². The predicted octanol–water partition coefficient (Wildman–Crippen LogP) is 2.41. The van der Waals surface area contributed by atoms with Gasteiger partial charge in [0.25, 0.3) is 0 Å². The van der Waals surface area contributed by atoms with Crippen LogP contribution < -0.4 is 0 Å². The first-order valence-electron chi connectivity index (χ1n) is 5.59. The van der Waals surface area contributed by atoms with Gasteiger partial charge in [-0.05, 0) is 25.7 Å². The Balaban J connectivity index is 2.26. The van der Waals surface area contributed by atoms with Gasteiger partial charge in [0.1, 0.15) is 0 Å². The van der Waals surface area contributed by atoms with E-state index in [4.69, 9.17) is 9.47 Å².